The maximum atomic E-state index is 12.8. The summed E-state index contributed by atoms with van der Waals surface area (Å²) in [7, 11) is 3.81. The molecule has 0 bridgehead atoms. The molecule has 0 fully saturated rings. The van der Waals surface area contributed by atoms with Crippen LogP contribution in [-0.4, -0.2) is 5.16 Å². The fraction of sp³-hybridized carbons (Fsp3) is 0.231. The molecule has 0 aliphatic carbocycles. The molecular weight excluding hydrogens is 219 g/mol. The van der Waals surface area contributed by atoms with Crippen LogP contribution in [0.2, 0.25) is 0 Å². The second-order valence-electron chi connectivity index (χ2n) is 4.03. The molecule has 0 amide bonds. The van der Waals surface area contributed by atoms with Crippen molar-refractivity contribution in [3.8, 4) is 0 Å². The highest BCUT2D eigenvalue weighted by molar-refractivity contribution is 5.20. The third-order valence-electron chi connectivity index (χ3n) is 2.68. The van der Waals surface area contributed by atoms with Gasteiger partial charge in [0, 0.05) is 11.6 Å². The quantitative estimate of drug-likeness (QED) is 0.819. The molecular formula is C13H15FN2O. The monoisotopic (exact) mass is 234 g/mol. The predicted molar refractivity (Wildman–Crippen MR) is 61.4 cm³/mol. The van der Waals surface area contributed by atoms with E-state index in [2.05, 4.69) is 12.2 Å². The molecule has 1 aromatic heterocycles. The number of benzene rings is 1. The normalized spacial score (nSPS) is 12.6. The van der Waals surface area contributed by atoms with Crippen LogP contribution >= 0.6 is 0 Å². The number of hydrogen-bond donors (Lipinski definition) is 1. The Labute approximate surface area is 99.6 Å². The summed E-state index contributed by atoms with van der Waals surface area (Å²) in [5, 5.41) is 5.68. The van der Waals surface area contributed by atoms with Gasteiger partial charge in [-0.3, -0.25) is 0 Å². The van der Waals surface area contributed by atoms with Gasteiger partial charge in [-0.2, -0.15) is 7.05 Å². The minimum absolute atomic E-state index is 0.114. The van der Waals surface area contributed by atoms with Crippen LogP contribution in [0.1, 0.15) is 23.1 Å². The van der Waals surface area contributed by atoms with Crippen LogP contribution in [0.5, 0.6) is 0 Å². The first-order valence-corrected chi connectivity index (χ1v) is 5.49. The van der Waals surface area contributed by atoms with Crippen molar-refractivity contribution >= 4 is 0 Å². The summed E-state index contributed by atoms with van der Waals surface area (Å²) < 4.78 is 18.0. The zero-order chi connectivity index (χ0) is 12.3. The molecule has 2 N–H and O–H groups in total. The smallest absolute Gasteiger partial charge is 0.143 e. The van der Waals surface area contributed by atoms with Crippen molar-refractivity contribution in [3.63, 3.8) is 0 Å². The van der Waals surface area contributed by atoms with Crippen LogP contribution in [0.3, 0.4) is 0 Å². The van der Waals surface area contributed by atoms with Crippen molar-refractivity contribution in [2.45, 2.75) is 19.4 Å². The highest BCUT2D eigenvalue weighted by atomic mass is 19.1. The lowest BCUT2D eigenvalue weighted by Crippen LogP contribution is -2.78. The molecule has 0 aliphatic heterocycles. The van der Waals surface area contributed by atoms with Gasteiger partial charge in [0.1, 0.15) is 11.6 Å². The van der Waals surface area contributed by atoms with E-state index in [-0.39, 0.29) is 11.9 Å². The summed E-state index contributed by atoms with van der Waals surface area (Å²) >= 11 is 0. The number of hydrogen-bond acceptors (Lipinski definition) is 2. The lowest BCUT2D eigenvalue weighted by molar-refractivity contribution is -0.640. The fourth-order valence-electron chi connectivity index (χ4n) is 1.78. The minimum atomic E-state index is -0.230. The Morgan fingerprint density at radius 3 is 2.65 bits per heavy atom. The van der Waals surface area contributed by atoms with Gasteiger partial charge in [0.25, 0.3) is 0 Å². The summed E-state index contributed by atoms with van der Waals surface area (Å²) in [5.74, 6) is 0.587. The van der Waals surface area contributed by atoms with Crippen LogP contribution in [0.4, 0.5) is 4.39 Å². The van der Waals surface area contributed by atoms with Crippen molar-refractivity contribution in [2.75, 3.05) is 0 Å². The van der Waals surface area contributed by atoms with E-state index < -0.39 is 0 Å². The van der Waals surface area contributed by atoms with Gasteiger partial charge < -0.3 is 9.84 Å². The SMILES string of the molecule is [CH2-][NH2+]C(Cc1cc(C)no1)c1ccc(F)cc1. The number of halogens is 1. The van der Waals surface area contributed by atoms with Crippen LogP contribution in [-0.2, 0) is 6.42 Å². The third-order valence-corrected chi connectivity index (χ3v) is 2.68. The van der Waals surface area contributed by atoms with E-state index >= 15 is 0 Å². The van der Waals surface area contributed by atoms with E-state index in [0.29, 0.717) is 6.42 Å². The Morgan fingerprint density at radius 2 is 2.12 bits per heavy atom. The Kier molecular flexibility index (Phi) is 3.54. The van der Waals surface area contributed by atoms with Gasteiger partial charge in [-0.1, -0.05) is 17.3 Å². The lowest BCUT2D eigenvalue weighted by atomic mass is 10.0. The topological polar surface area (TPSA) is 42.6 Å². The van der Waals surface area contributed by atoms with E-state index in [4.69, 9.17) is 4.52 Å². The molecule has 0 saturated heterocycles. The Hall–Kier alpha value is -1.68. The maximum absolute atomic E-state index is 12.8. The molecule has 2 aromatic rings. The van der Waals surface area contributed by atoms with E-state index in [1.807, 2.05) is 18.3 Å². The first-order chi connectivity index (χ1) is 8.19. The molecule has 1 unspecified atom stereocenters. The molecule has 90 valence electrons. The molecule has 1 heterocycles. The number of rotatable bonds is 4. The number of quaternary nitrogens is 1. The number of nitrogens with two attached hydrogens (primary N) is 1. The Balaban J connectivity index is 2.13. The Bertz CT molecular complexity index is 478. The van der Waals surface area contributed by atoms with Crippen LogP contribution in [0, 0.1) is 19.8 Å². The zero-order valence-corrected chi connectivity index (χ0v) is 9.69. The molecule has 3 nitrogen and oxygen atoms in total. The number of nitrogens with zero attached hydrogens (tertiary/aromatic N) is 1. The molecule has 2 rings (SSSR count). The van der Waals surface area contributed by atoms with Crippen molar-refractivity contribution < 1.29 is 14.2 Å². The lowest BCUT2D eigenvalue weighted by Gasteiger charge is -2.15. The Morgan fingerprint density at radius 1 is 1.41 bits per heavy atom. The van der Waals surface area contributed by atoms with Gasteiger partial charge >= 0.3 is 0 Å². The zero-order valence-electron chi connectivity index (χ0n) is 9.69. The molecule has 0 saturated carbocycles. The van der Waals surface area contributed by atoms with Crippen LogP contribution in [0.15, 0.2) is 34.9 Å². The van der Waals surface area contributed by atoms with E-state index in [1.54, 1.807) is 12.1 Å². The summed E-state index contributed by atoms with van der Waals surface area (Å²) in [6.07, 6.45) is 0.690. The van der Waals surface area contributed by atoms with Gasteiger partial charge in [0.2, 0.25) is 0 Å². The van der Waals surface area contributed by atoms with Gasteiger partial charge in [0.15, 0.2) is 0 Å². The average Bonchev–Trinajstić information content (AvgIpc) is 2.73. The molecule has 0 spiro atoms. The fourth-order valence-corrected chi connectivity index (χ4v) is 1.78. The van der Waals surface area contributed by atoms with Gasteiger partial charge in [-0.15, -0.1) is 0 Å². The highest BCUT2D eigenvalue weighted by Crippen LogP contribution is 2.16. The third kappa shape index (κ3) is 2.91. The first kappa shape index (κ1) is 11.8. The summed E-state index contributed by atoms with van der Waals surface area (Å²) in [6.45, 7) is 1.88. The van der Waals surface area contributed by atoms with Crippen molar-refractivity contribution in [2.24, 2.45) is 0 Å². The second kappa shape index (κ2) is 5.10. The van der Waals surface area contributed by atoms with Crippen LogP contribution < -0.4 is 5.32 Å². The van der Waals surface area contributed by atoms with Crippen molar-refractivity contribution in [1.29, 1.82) is 0 Å². The molecule has 0 aliphatic rings. The van der Waals surface area contributed by atoms with E-state index in [0.717, 1.165) is 17.0 Å². The average molecular weight is 234 g/mol. The number of aromatic nitrogens is 1. The van der Waals surface area contributed by atoms with Crippen molar-refractivity contribution in [1.82, 2.24) is 5.16 Å². The number of aryl methyl sites for hydroxylation is 1. The predicted octanol–water partition coefficient (Wildman–Crippen LogP) is 1.76. The molecule has 1 atom stereocenters. The van der Waals surface area contributed by atoms with Gasteiger partial charge in [0.05, 0.1) is 18.2 Å². The van der Waals surface area contributed by atoms with E-state index in [9.17, 15) is 4.39 Å². The molecule has 1 aromatic carbocycles. The summed E-state index contributed by atoms with van der Waals surface area (Å²) in [4.78, 5) is 0. The van der Waals surface area contributed by atoms with E-state index in [1.165, 1.54) is 12.1 Å². The van der Waals surface area contributed by atoms with Crippen LogP contribution in [0.25, 0.3) is 0 Å². The first-order valence-electron chi connectivity index (χ1n) is 5.49. The minimum Gasteiger partial charge on any atom is -0.472 e. The largest absolute Gasteiger partial charge is 0.472 e. The van der Waals surface area contributed by atoms with Crippen molar-refractivity contribution in [3.05, 3.63) is 60.2 Å². The van der Waals surface area contributed by atoms with Gasteiger partial charge in [-0.05, 0) is 19.1 Å². The standard InChI is InChI=1S/C13H15FN2O/c1-9-7-12(17-16-9)8-13(15-2)10-3-5-11(14)6-4-10/h3-7,13H,2,8,15H2,1H3. The van der Waals surface area contributed by atoms with Gasteiger partial charge in [-0.25, -0.2) is 4.39 Å². The highest BCUT2D eigenvalue weighted by Gasteiger charge is 2.14. The summed E-state index contributed by atoms with van der Waals surface area (Å²) in [6, 6.07) is 8.47. The maximum Gasteiger partial charge on any atom is 0.143 e. The molecule has 0 radical (unpaired) electrons. The second-order valence-corrected chi connectivity index (χ2v) is 4.03. The summed E-state index contributed by atoms with van der Waals surface area (Å²) in [5.41, 5.74) is 1.89. The molecule has 4 heteroatoms. The molecule has 17 heavy (non-hydrogen) atoms.